The average molecular weight is 338 g/mol. The second kappa shape index (κ2) is 6.27. The number of rotatable bonds is 3. The molecule has 1 aliphatic heterocycles. The zero-order valence-corrected chi connectivity index (χ0v) is 14.3. The van der Waals surface area contributed by atoms with Crippen molar-refractivity contribution in [2.45, 2.75) is 33.2 Å². The number of hydrogen-bond acceptors (Lipinski definition) is 5. The fourth-order valence-corrected chi connectivity index (χ4v) is 3.22. The number of aromatic nitrogens is 3. The van der Waals surface area contributed by atoms with Crippen LogP contribution in [-0.4, -0.2) is 21.7 Å². The number of nitrogens with zero attached hydrogens (tertiary/aromatic N) is 4. The van der Waals surface area contributed by atoms with Crippen molar-refractivity contribution in [2.75, 3.05) is 11.4 Å². The van der Waals surface area contributed by atoms with E-state index in [1.807, 2.05) is 19.1 Å². The lowest BCUT2D eigenvalue weighted by Gasteiger charge is -2.27. The third kappa shape index (κ3) is 2.99. The fraction of sp³-hybridized carbons (Fsp3) is 0.316. The van der Waals surface area contributed by atoms with Gasteiger partial charge < -0.3 is 9.42 Å². The molecule has 0 fully saturated rings. The first-order valence-corrected chi connectivity index (χ1v) is 8.47. The summed E-state index contributed by atoms with van der Waals surface area (Å²) in [6, 6.07) is 8.49. The maximum atomic E-state index is 13.6. The molecule has 0 atom stereocenters. The number of anilines is 1. The van der Waals surface area contributed by atoms with Crippen molar-refractivity contribution in [3.05, 3.63) is 59.0 Å². The van der Waals surface area contributed by atoms with E-state index in [0.29, 0.717) is 12.2 Å². The van der Waals surface area contributed by atoms with Gasteiger partial charge in [-0.25, -0.2) is 14.4 Å². The van der Waals surface area contributed by atoms with Gasteiger partial charge in [0.25, 0.3) is 0 Å². The maximum absolute atomic E-state index is 13.6. The van der Waals surface area contributed by atoms with Crippen molar-refractivity contribution in [3.8, 4) is 11.3 Å². The monoisotopic (exact) mass is 338 g/mol. The van der Waals surface area contributed by atoms with Gasteiger partial charge in [0, 0.05) is 35.9 Å². The molecular weight excluding hydrogens is 319 g/mol. The molecular formula is C19H19FN4O. The van der Waals surface area contributed by atoms with Crippen molar-refractivity contribution in [3.63, 3.8) is 0 Å². The van der Waals surface area contributed by atoms with E-state index in [9.17, 15) is 4.39 Å². The molecule has 25 heavy (non-hydrogen) atoms. The first-order chi connectivity index (χ1) is 12.1. The molecule has 0 radical (unpaired) electrons. The van der Waals surface area contributed by atoms with E-state index in [2.05, 4.69) is 26.9 Å². The Morgan fingerprint density at radius 3 is 2.92 bits per heavy atom. The minimum absolute atomic E-state index is 0.277. The van der Waals surface area contributed by atoms with Gasteiger partial charge in [0.1, 0.15) is 28.9 Å². The predicted octanol–water partition coefficient (Wildman–Crippen LogP) is 3.70. The fourth-order valence-electron chi connectivity index (χ4n) is 3.22. The molecule has 5 nitrogen and oxygen atoms in total. The molecule has 0 N–H and O–H groups in total. The highest BCUT2D eigenvalue weighted by Gasteiger charge is 2.26. The van der Waals surface area contributed by atoms with Crippen LogP contribution in [0, 0.1) is 12.7 Å². The van der Waals surface area contributed by atoms with Crippen LogP contribution in [0.25, 0.3) is 11.3 Å². The number of halogens is 1. The van der Waals surface area contributed by atoms with Crippen molar-refractivity contribution < 1.29 is 8.91 Å². The van der Waals surface area contributed by atoms with E-state index < -0.39 is 0 Å². The van der Waals surface area contributed by atoms with Crippen LogP contribution >= 0.6 is 0 Å². The first kappa shape index (κ1) is 15.7. The Balaban J connectivity index is 1.69. The van der Waals surface area contributed by atoms with Gasteiger partial charge in [0.15, 0.2) is 0 Å². The summed E-state index contributed by atoms with van der Waals surface area (Å²) >= 11 is 0. The smallest absolute Gasteiger partial charge is 0.144 e. The number of aryl methyl sites for hydroxylation is 2. The molecule has 1 aromatic carbocycles. The lowest BCUT2D eigenvalue weighted by atomic mass is 10.0. The van der Waals surface area contributed by atoms with E-state index in [1.54, 1.807) is 6.07 Å². The average Bonchev–Trinajstić information content (AvgIpc) is 3.04. The van der Waals surface area contributed by atoms with Gasteiger partial charge in [0.05, 0.1) is 6.54 Å². The quantitative estimate of drug-likeness (QED) is 0.729. The van der Waals surface area contributed by atoms with Gasteiger partial charge in [-0.2, -0.15) is 0 Å². The Morgan fingerprint density at radius 1 is 1.24 bits per heavy atom. The van der Waals surface area contributed by atoms with Crippen LogP contribution in [0.3, 0.4) is 0 Å². The highest BCUT2D eigenvalue weighted by atomic mass is 19.1. The highest BCUT2D eigenvalue weighted by molar-refractivity contribution is 5.65. The second-order valence-electron chi connectivity index (χ2n) is 6.23. The zero-order valence-electron chi connectivity index (χ0n) is 14.3. The lowest BCUT2D eigenvalue weighted by molar-refractivity contribution is 0.378. The van der Waals surface area contributed by atoms with Crippen LogP contribution in [0.15, 0.2) is 34.9 Å². The predicted molar refractivity (Wildman–Crippen MR) is 92.8 cm³/mol. The molecule has 2 aromatic heterocycles. The van der Waals surface area contributed by atoms with E-state index in [4.69, 9.17) is 4.52 Å². The molecule has 128 valence electrons. The van der Waals surface area contributed by atoms with Crippen LogP contribution in [0.2, 0.25) is 0 Å². The minimum Gasteiger partial charge on any atom is -0.360 e. The van der Waals surface area contributed by atoms with Crippen molar-refractivity contribution in [2.24, 2.45) is 0 Å². The Hall–Kier alpha value is -2.76. The zero-order chi connectivity index (χ0) is 17.4. The molecule has 1 aliphatic rings. The molecule has 0 amide bonds. The van der Waals surface area contributed by atoms with Gasteiger partial charge in [-0.15, -0.1) is 0 Å². The molecule has 4 rings (SSSR count). The summed E-state index contributed by atoms with van der Waals surface area (Å²) in [5.74, 6) is 2.29. The van der Waals surface area contributed by atoms with Gasteiger partial charge in [-0.3, -0.25) is 0 Å². The Kier molecular flexibility index (Phi) is 3.95. The van der Waals surface area contributed by atoms with E-state index in [1.165, 1.54) is 12.1 Å². The van der Waals surface area contributed by atoms with E-state index in [0.717, 1.165) is 53.6 Å². The summed E-state index contributed by atoms with van der Waals surface area (Å²) in [6.07, 6.45) is 1.62. The van der Waals surface area contributed by atoms with Gasteiger partial charge in [-0.05, 0) is 25.5 Å². The van der Waals surface area contributed by atoms with Crippen LogP contribution in [0.1, 0.15) is 29.8 Å². The van der Waals surface area contributed by atoms with Crippen LogP contribution in [-0.2, 0) is 19.4 Å². The van der Waals surface area contributed by atoms with Crippen LogP contribution in [0.5, 0.6) is 0 Å². The van der Waals surface area contributed by atoms with E-state index in [-0.39, 0.29) is 5.82 Å². The number of hydrogen-bond donors (Lipinski definition) is 0. The molecule has 0 saturated carbocycles. The topological polar surface area (TPSA) is 55.1 Å². The molecule has 0 spiro atoms. The summed E-state index contributed by atoms with van der Waals surface area (Å²) in [7, 11) is 0. The molecule has 0 bridgehead atoms. The van der Waals surface area contributed by atoms with Gasteiger partial charge in [-0.1, -0.05) is 24.2 Å². The van der Waals surface area contributed by atoms with Crippen LogP contribution < -0.4 is 4.90 Å². The number of benzene rings is 1. The standard InChI is InChI=1S/C19H19FN4O/c1-3-15-10-18(22-12(2)21-15)24-8-7-17-16(11-24)19(23-25-17)13-5-4-6-14(20)9-13/h4-6,9-10H,3,7-8,11H2,1-2H3. The SMILES string of the molecule is CCc1cc(N2CCc3onc(-c4cccc(F)c4)c3C2)nc(C)n1. The molecule has 3 aromatic rings. The molecule has 0 unspecified atom stereocenters. The molecule has 6 heteroatoms. The molecule has 3 heterocycles. The Morgan fingerprint density at radius 2 is 2.12 bits per heavy atom. The summed E-state index contributed by atoms with van der Waals surface area (Å²) in [5.41, 5.74) is 3.48. The summed E-state index contributed by atoms with van der Waals surface area (Å²) in [6.45, 7) is 5.45. The highest BCUT2D eigenvalue weighted by Crippen LogP contribution is 2.32. The third-order valence-corrected chi connectivity index (χ3v) is 4.49. The maximum Gasteiger partial charge on any atom is 0.144 e. The molecule has 0 aliphatic carbocycles. The largest absolute Gasteiger partial charge is 0.360 e. The Bertz CT molecular complexity index is 922. The number of fused-ring (bicyclic) bond motifs is 1. The van der Waals surface area contributed by atoms with Crippen molar-refractivity contribution in [1.29, 1.82) is 0 Å². The second-order valence-corrected chi connectivity index (χ2v) is 6.23. The molecule has 0 saturated heterocycles. The van der Waals surface area contributed by atoms with Crippen LogP contribution in [0.4, 0.5) is 10.2 Å². The van der Waals surface area contributed by atoms with Crippen molar-refractivity contribution >= 4 is 5.82 Å². The van der Waals surface area contributed by atoms with Gasteiger partial charge >= 0.3 is 0 Å². The van der Waals surface area contributed by atoms with Gasteiger partial charge in [0.2, 0.25) is 0 Å². The Labute approximate surface area is 145 Å². The lowest BCUT2D eigenvalue weighted by Crippen LogP contribution is -2.31. The van der Waals surface area contributed by atoms with Crippen molar-refractivity contribution in [1.82, 2.24) is 15.1 Å². The summed E-state index contributed by atoms with van der Waals surface area (Å²) < 4.78 is 19.1. The first-order valence-electron chi connectivity index (χ1n) is 8.47. The normalized spacial score (nSPS) is 13.8. The minimum atomic E-state index is -0.277. The summed E-state index contributed by atoms with van der Waals surface area (Å²) in [5, 5.41) is 4.19. The third-order valence-electron chi connectivity index (χ3n) is 4.49. The summed E-state index contributed by atoms with van der Waals surface area (Å²) in [4.78, 5) is 11.2. The van der Waals surface area contributed by atoms with E-state index >= 15 is 0 Å².